The first-order valence-corrected chi connectivity index (χ1v) is 13.5. The molecule has 4 aromatic rings. The maximum Gasteiger partial charge on any atom is 0.128 e. The fourth-order valence-corrected chi connectivity index (χ4v) is 6.08. The quantitative estimate of drug-likeness (QED) is 0.387. The summed E-state index contributed by atoms with van der Waals surface area (Å²) in [6, 6.07) is 25.6. The highest BCUT2D eigenvalue weighted by molar-refractivity contribution is 6.35. The van der Waals surface area contributed by atoms with Gasteiger partial charge in [0.05, 0.1) is 16.6 Å². The zero-order chi connectivity index (χ0) is 25.2. The number of pyridine rings is 1. The standard InChI is InChI=1S/C31H32ClN3O2/c32-28-13-14-29(27-10-5-15-33-30(27)28)37-21-24(36)20-34-16-18-35(19-17-34)31-25-8-3-1-6-22(25)11-12-23-7-2-4-9-26(23)31/h1-10,13-15,24,31,36H,11-12,16-21H2. The smallest absolute Gasteiger partial charge is 0.128 e. The molecule has 0 radical (unpaired) electrons. The van der Waals surface area contributed by atoms with Crippen LogP contribution in [-0.4, -0.2) is 65.3 Å². The number of benzene rings is 3. The van der Waals surface area contributed by atoms with E-state index in [0.717, 1.165) is 44.4 Å². The second kappa shape index (κ2) is 10.8. The third-order valence-corrected chi connectivity index (χ3v) is 8.02. The fourth-order valence-electron chi connectivity index (χ4n) is 5.87. The van der Waals surface area contributed by atoms with E-state index in [-0.39, 0.29) is 12.6 Å². The molecule has 1 unspecified atom stereocenters. The third-order valence-electron chi connectivity index (χ3n) is 7.72. The van der Waals surface area contributed by atoms with Crippen molar-refractivity contribution in [2.45, 2.75) is 25.0 Å². The molecule has 0 amide bonds. The summed E-state index contributed by atoms with van der Waals surface area (Å²) in [5.41, 5.74) is 6.53. The van der Waals surface area contributed by atoms with Crippen molar-refractivity contribution in [3.05, 3.63) is 106 Å². The van der Waals surface area contributed by atoms with E-state index in [1.807, 2.05) is 18.2 Å². The van der Waals surface area contributed by atoms with Crippen molar-refractivity contribution in [1.29, 1.82) is 0 Å². The minimum atomic E-state index is -0.576. The molecular weight excluding hydrogens is 482 g/mol. The number of aryl methyl sites for hydroxylation is 2. The number of nitrogens with zero attached hydrogens (tertiary/aromatic N) is 3. The van der Waals surface area contributed by atoms with Crippen LogP contribution in [0.4, 0.5) is 0 Å². The van der Waals surface area contributed by atoms with Crippen molar-refractivity contribution >= 4 is 22.5 Å². The Morgan fingerprint density at radius 3 is 2.24 bits per heavy atom. The largest absolute Gasteiger partial charge is 0.490 e. The number of hydrogen-bond acceptors (Lipinski definition) is 5. The molecule has 190 valence electrons. The lowest BCUT2D eigenvalue weighted by Gasteiger charge is -2.40. The summed E-state index contributed by atoms with van der Waals surface area (Å²) in [6.45, 7) is 4.60. The van der Waals surface area contributed by atoms with Crippen LogP contribution in [-0.2, 0) is 12.8 Å². The molecule has 1 saturated heterocycles. The van der Waals surface area contributed by atoms with Crippen LogP contribution in [0.2, 0.25) is 5.02 Å². The number of hydrogen-bond donors (Lipinski definition) is 1. The van der Waals surface area contributed by atoms with Crippen LogP contribution < -0.4 is 4.74 Å². The van der Waals surface area contributed by atoms with Gasteiger partial charge in [0.15, 0.2) is 0 Å². The molecule has 5 nitrogen and oxygen atoms in total. The highest BCUT2D eigenvalue weighted by atomic mass is 35.5. The summed E-state index contributed by atoms with van der Waals surface area (Å²) in [7, 11) is 0. The van der Waals surface area contributed by atoms with E-state index >= 15 is 0 Å². The third kappa shape index (κ3) is 5.10. The van der Waals surface area contributed by atoms with Gasteiger partial charge < -0.3 is 9.84 Å². The van der Waals surface area contributed by atoms with Gasteiger partial charge in [-0.05, 0) is 59.4 Å². The Balaban J connectivity index is 1.10. The van der Waals surface area contributed by atoms with E-state index in [1.54, 1.807) is 12.3 Å². The Kier molecular flexibility index (Phi) is 7.12. The van der Waals surface area contributed by atoms with Crippen LogP contribution in [0.15, 0.2) is 79.0 Å². The summed E-state index contributed by atoms with van der Waals surface area (Å²) < 4.78 is 6.00. The lowest BCUT2D eigenvalue weighted by Crippen LogP contribution is -2.50. The van der Waals surface area contributed by atoms with Crippen molar-refractivity contribution in [3.63, 3.8) is 0 Å². The molecule has 1 aliphatic carbocycles. The van der Waals surface area contributed by atoms with Gasteiger partial charge in [-0.15, -0.1) is 0 Å². The summed E-state index contributed by atoms with van der Waals surface area (Å²) >= 11 is 6.28. The monoisotopic (exact) mass is 513 g/mol. The molecular formula is C31H32ClN3O2. The number of aliphatic hydroxyl groups is 1. The van der Waals surface area contributed by atoms with Crippen LogP contribution >= 0.6 is 11.6 Å². The fraction of sp³-hybridized carbons (Fsp3) is 0.323. The number of piperazine rings is 1. The van der Waals surface area contributed by atoms with Gasteiger partial charge in [-0.1, -0.05) is 60.1 Å². The summed E-state index contributed by atoms with van der Waals surface area (Å²) in [5.74, 6) is 0.696. The number of halogens is 1. The van der Waals surface area contributed by atoms with E-state index in [1.165, 1.54) is 22.3 Å². The van der Waals surface area contributed by atoms with Gasteiger partial charge in [-0.3, -0.25) is 14.8 Å². The van der Waals surface area contributed by atoms with Crippen molar-refractivity contribution in [3.8, 4) is 5.75 Å². The lowest BCUT2D eigenvalue weighted by atomic mass is 9.92. The number of β-amino-alcohol motifs (C(OH)–C–C–N with tert-alkyl or cyclic N) is 1. The molecule has 0 bridgehead atoms. The Morgan fingerprint density at radius 2 is 1.54 bits per heavy atom. The predicted molar refractivity (Wildman–Crippen MR) is 148 cm³/mol. The van der Waals surface area contributed by atoms with E-state index in [4.69, 9.17) is 16.3 Å². The van der Waals surface area contributed by atoms with Gasteiger partial charge in [0.25, 0.3) is 0 Å². The van der Waals surface area contributed by atoms with Crippen LogP contribution in [0.1, 0.15) is 28.3 Å². The van der Waals surface area contributed by atoms with Gasteiger partial charge in [0.2, 0.25) is 0 Å². The molecule has 3 aromatic carbocycles. The molecule has 1 aliphatic heterocycles. The zero-order valence-corrected chi connectivity index (χ0v) is 21.6. The molecule has 2 heterocycles. The predicted octanol–water partition coefficient (Wildman–Crippen LogP) is 5.13. The molecule has 1 aromatic heterocycles. The molecule has 1 atom stereocenters. The first-order chi connectivity index (χ1) is 18.2. The Morgan fingerprint density at radius 1 is 0.865 bits per heavy atom. The molecule has 1 N–H and O–H groups in total. The van der Waals surface area contributed by atoms with Gasteiger partial charge in [0.1, 0.15) is 18.5 Å². The number of rotatable bonds is 6. The zero-order valence-electron chi connectivity index (χ0n) is 20.9. The van der Waals surface area contributed by atoms with Crippen LogP contribution in [0.5, 0.6) is 5.75 Å². The van der Waals surface area contributed by atoms with E-state index in [9.17, 15) is 5.11 Å². The Hall–Kier alpha value is -2.96. The van der Waals surface area contributed by atoms with Gasteiger partial charge in [-0.25, -0.2) is 0 Å². The average Bonchev–Trinajstić information content (AvgIpc) is 3.10. The number of ether oxygens (including phenoxy) is 1. The summed E-state index contributed by atoms with van der Waals surface area (Å²) in [6.07, 6.45) is 3.33. The van der Waals surface area contributed by atoms with Crippen molar-refractivity contribution in [2.75, 3.05) is 39.3 Å². The van der Waals surface area contributed by atoms with Gasteiger partial charge in [0, 0.05) is 44.3 Å². The number of fused-ring (bicyclic) bond motifs is 3. The maximum atomic E-state index is 10.8. The molecule has 1 fully saturated rings. The molecule has 37 heavy (non-hydrogen) atoms. The highest BCUT2D eigenvalue weighted by Gasteiger charge is 2.31. The molecule has 0 spiro atoms. The first kappa shape index (κ1) is 24.4. The minimum absolute atomic E-state index is 0.231. The minimum Gasteiger partial charge on any atom is -0.490 e. The molecule has 0 saturated carbocycles. The molecule has 6 heteroatoms. The second-order valence-corrected chi connectivity index (χ2v) is 10.5. The van der Waals surface area contributed by atoms with Gasteiger partial charge in [-0.2, -0.15) is 0 Å². The van der Waals surface area contributed by atoms with E-state index in [2.05, 4.69) is 63.3 Å². The van der Waals surface area contributed by atoms with E-state index < -0.39 is 6.10 Å². The van der Waals surface area contributed by atoms with Crippen molar-refractivity contribution < 1.29 is 9.84 Å². The Labute approximate surface area is 223 Å². The first-order valence-electron chi connectivity index (χ1n) is 13.1. The summed E-state index contributed by atoms with van der Waals surface area (Å²) in [4.78, 5) is 9.32. The molecule has 6 rings (SSSR count). The summed E-state index contributed by atoms with van der Waals surface area (Å²) in [5, 5.41) is 12.2. The topological polar surface area (TPSA) is 48.8 Å². The highest BCUT2D eigenvalue weighted by Crippen LogP contribution is 2.37. The van der Waals surface area contributed by atoms with Gasteiger partial charge >= 0.3 is 0 Å². The molecule has 2 aliphatic rings. The Bertz CT molecular complexity index is 1340. The number of aliphatic hydroxyl groups excluding tert-OH is 1. The SMILES string of the molecule is OC(COc1ccc(Cl)c2ncccc12)CN1CCN(C2c3ccccc3CCc3ccccc32)CC1. The van der Waals surface area contributed by atoms with E-state index in [0.29, 0.717) is 22.8 Å². The number of aromatic nitrogens is 1. The maximum absolute atomic E-state index is 10.8. The average molecular weight is 514 g/mol. The van der Waals surface area contributed by atoms with Crippen LogP contribution in [0.3, 0.4) is 0 Å². The second-order valence-electron chi connectivity index (χ2n) is 10.0. The van der Waals surface area contributed by atoms with Crippen LogP contribution in [0.25, 0.3) is 10.9 Å². The van der Waals surface area contributed by atoms with Crippen molar-refractivity contribution in [2.24, 2.45) is 0 Å². The lowest BCUT2D eigenvalue weighted by molar-refractivity contribution is 0.0403. The van der Waals surface area contributed by atoms with Crippen LogP contribution in [0, 0.1) is 0 Å². The normalized spacial score (nSPS) is 17.7. The van der Waals surface area contributed by atoms with Crippen molar-refractivity contribution in [1.82, 2.24) is 14.8 Å².